The average molecular weight is 595 g/mol. The number of hydrogen-bond donors (Lipinski definition) is 2. The summed E-state index contributed by atoms with van der Waals surface area (Å²) in [5.41, 5.74) is 7.23. The Balaban J connectivity index is 1.33. The van der Waals surface area contributed by atoms with Gasteiger partial charge in [0.05, 0.1) is 33.7 Å². The van der Waals surface area contributed by atoms with Gasteiger partial charge >= 0.3 is 4.05 Å². The van der Waals surface area contributed by atoms with Crippen LogP contribution in [0, 0.1) is 0 Å². The molecule has 1 aliphatic heterocycles. The molecule has 1 saturated carbocycles. The lowest BCUT2D eigenvalue weighted by Gasteiger charge is -2.17. The van der Waals surface area contributed by atoms with Crippen LogP contribution in [0.15, 0.2) is 72.8 Å². The molecule has 3 N–H and O–H groups in total. The lowest BCUT2D eigenvalue weighted by molar-refractivity contribution is -0.118. The largest absolute Gasteiger partial charge is 0.462 e. The molecule has 0 spiro atoms. The van der Waals surface area contributed by atoms with Crippen molar-refractivity contribution in [3.63, 3.8) is 0 Å². The van der Waals surface area contributed by atoms with Gasteiger partial charge in [0.1, 0.15) is 5.82 Å². The second-order valence-corrected chi connectivity index (χ2v) is 10.2. The molecule has 0 radical (unpaired) electrons. The number of carbonyl (C=O) groups is 2. The zero-order valence-corrected chi connectivity index (χ0v) is 20.9. The minimum Gasteiger partial charge on any atom is -0.415 e. The minimum absolute atomic E-state index is 0.194. The quantitative estimate of drug-likeness (QED) is 0.236. The van der Waals surface area contributed by atoms with Crippen LogP contribution in [-0.4, -0.2) is 20.8 Å². The predicted molar refractivity (Wildman–Crippen MR) is 141 cm³/mol. The van der Waals surface area contributed by atoms with Crippen LogP contribution in [0.2, 0.25) is 0 Å². The number of pyridine rings is 1. The molecule has 2 heterocycles. The Labute approximate surface area is 218 Å². The van der Waals surface area contributed by atoms with Gasteiger partial charge in [-0.2, -0.15) is 0 Å². The molecule has 1 fully saturated rings. The Morgan fingerprint density at radius 3 is 2.42 bits per heavy atom. The lowest BCUT2D eigenvalue weighted by Crippen LogP contribution is -2.28. The fourth-order valence-corrected chi connectivity index (χ4v) is 5.00. The Kier molecular flexibility index (Phi) is 5.15. The molecule has 9 heteroatoms. The number of nitrogens with two attached hydrogens (primary N) is 1. The summed E-state index contributed by atoms with van der Waals surface area (Å²) >= 11 is 1.44. The van der Waals surface area contributed by atoms with E-state index in [1.54, 1.807) is 42.5 Å². The number of ether oxygens (including phenoxy) is 2. The Morgan fingerprint density at radius 1 is 0.972 bits per heavy atom. The molecule has 1 aromatic heterocycles. The number of aromatic nitrogens is 1. The maximum atomic E-state index is 14.1. The van der Waals surface area contributed by atoms with Gasteiger partial charge in [-0.15, -0.1) is 4.39 Å². The van der Waals surface area contributed by atoms with Gasteiger partial charge in [0.25, 0.3) is 0 Å². The summed E-state index contributed by atoms with van der Waals surface area (Å²) in [6.07, 6.45) is 1.30. The lowest BCUT2D eigenvalue weighted by atomic mass is 9.94. The average Bonchev–Trinajstić information content (AvgIpc) is 3.60. The van der Waals surface area contributed by atoms with E-state index >= 15 is 0 Å². The first-order valence-electron chi connectivity index (χ1n) is 11.3. The molecular formula is C27H19FIN3O4. The second kappa shape index (κ2) is 8.16. The van der Waals surface area contributed by atoms with Gasteiger partial charge in [-0.3, -0.25) is 9.59 Å². The van der Waals surface area contributed by atoms with E-state index in [4.69, 9.17) is 20.2 Å². The number of hydrogen-bond acceptors (Lipinski definition) is 5. The fraction of sp³-hybridized carbons (Fsp3) is 0.148. The first-order chi connectivity index (χ1) is 17.2. The molecule has 0 bridgehead atoms. The first-order valence-corrected chi connectivity index (χ1v) is 12.3. The highest BCUT2D eigenvalue weighted by atomic mass is 127. The van der Waals surface area contributed by atoms with Gasteiger partial charge < -0.3 is 20.5 Å². The fourth-order valence-electron chi connectivity index (χ4n) is 4.53. The van der Waals surface area contributed by atoms with Gasteiger partial charge in [0, 0.05) is 16.5 Å². The van der Waals surface area contributed by atoms with E-state index in [-0.39, 0.29) is 11.7 Å². The zero-order valence-electron chi connectivity index (χ0n) is 18.8. The van der Waals surface area contributed by atoms with Crippen molar-refractivity contribution in [2.45, 2.75) is 22.3 Å². The third kappa shape index (κ3) is 3.93. The summed E-state index contributed by atoms with van der Waals surface area (Å²) in [5, 5.41) is 4.81. The van der Waals surface area contributed by atoms with Crippen molar-refractivity contribution in [2.75, 3.05) is 5.32 Å². The zero-order chi connectivity index (χ0) is 25.1. The second-order valence-electron chi connectivity index (χ2n) is 8.88. The number of halogens is 2. The number of primary amides is 1. The van der Waals surface area contributed by atoms with Crippen LogP contribution in [0.4, 0.5) is 10.2 Å². The Hall–Kier alpha value is -3.73. The normalized spacial score (nSPS) is 19.2. The van der Waals surface area contributed by atoms with Gasteiger partial charge in [-0.05, 0) is 54.1 Å². The van der Waals surface area contributed by atoms with Crippen molar-refractivity contribution in [1.82, 2.24) is 4.98 Å². The molecule has 6 rings (SSSR count). The maximum Gasteiger partial charge on any atom is 0.462 e. The third-order valence-corrected chi connectivity index (χ3v) is 7.00. The molecule has 4 aromatic rings. The molecule has 2 aliphatic rings. The number of nitrogens with one attached hydrogen (secondary N) is 1. The summed E-state index contributed by atoms with van der Waals surface area (Å²) in [5.74, 6) is 0.285. The Morgan fingerprint density at radius 2 is 1.69 bits per heavy atom. The van der Waals surface area contributed by atoms with Crippen molar-refractivity contribution in [3.8, 4) is 22.8 Å². The molecular weight excluding hydrogens is 576 g/mol. The number of carbonyl (C=O) groups excluding carboxylic acids is 2. The van der Waals surface area contributed by atoms with Gasteiger partial charge in [-0.25, -0.2) is 4.98 Å². The third-order valence-electron chi connectivity index (χ3n) is 6.56. The van der Waals surface area contributed by atoms with Crippen molar-refractivity contribution in [1.29, 1.82) is 0 Å². The molecule has 0 saturated heterocycles. The smallest absolute Gasteiger partial charge is 0.415 e. The molecule has 1 unspecified atom stereocenters. The molecule has 2 amide bonds. The standard InChI is InChI=1S/C27H19FIN3O4/c28-27(29)35-20-10-9-18(14-21(20)36-27)26(11-12-26)25(34)32-22-13-17-3-1-2-4-19(17)23(31-22)15-5-7-16(8-6-15)24(30)33/h1-10,13-14H,11-12H2,(H2,30,33)(H,31,32,34). The number of fused-ring (bicyclic) bond motifs is 2. The van der Waals surface area contributed by atoms with E-state index < -0.39 is 15.4 Å². The summed E-state index contributed by atoms with van der Waals surface area (Å²) in [6, 6.07) is 21.5. The first kappa shape index (κ1) is 22.7. The highest BCUT2D eigenvalue weighted by molar-refractivity contribution is 14.1. The van der Waals surface area contributed by atoms with Crippen LogP contribution in [-0.2, 0) is 10.2 Å². The van der Waals surface area contributed by atoms with E-state index in [1.165, 1.54) is 22.6 Å². The number of alkyl halides is 2. The van der Waals surface area contributed by atoms with Crippen LogP contribution in [0.5, 0.6) is 11.5 Å². The molecule has 36 heavy (non-hydrogen) atoms. The highest BCUT2D eigenvalue weighted by Gasteiger charge is 2.52. The van der Waals surface area contributed by atoms with E-state index in [9.17, 15) is 14.0 Å². The van der Waals surface area contributed by atoms with Crippen LogP contribution in [0.1, 0.15) is 28.8 Å². The van der Waals surface area contributed by atoms with Gasteiger partial charge in [0.2, 0.25) is 11.8 Å². The molecule has 7 nitrogen and oxygen atoms in total. The molecule has 1 atom stereocenters. The highest BCUT2D eigenvalue weighted by Crippen LogP contribution is 2.52. The van der Waals surface area contributed by atoms with Crippen LogP contribution < -0.4 is 20.5 Å². The summed E-state index contributed by atoms with van der Waals surface area (Å²) in [7, 11) is 0. The van der Waals surface area contributed by atoms with Crippen molar-refractivity contribution < 1.29 is 23.5 Å². The monoisotopic (exact) mass is 595 g/mol. The molecule has 1 aliphatic carbocycles. The molecule has 180 valence electrons. The van der Waals surface area contributed by atoms with E-state index in [2.05, 4.69) is 5.32 Å². The van der Waals surface area contributed by atoms with Crippen molar-refractivity contribution >= 4 is 51.0 Å². The topological polar surface area (TPSA) is 104 Å². The minimum atomic E-state index is -2.25. The van der Waals surface area contributed by atoms with Crippen molar-refractivity contribution in [2.24, 2.45) is 5.73 Å². The maximum absolute atomic E-state index is 14.1. The van der Waals surface area contributed by atoms with E-state index in [0.717, 1.165) is 21.9 Å². The number of nitrogens with zero attached hydrogens (tertiary/aromatic N) is 1. The van der Waals surface area contributed by atoms with Crippen LogP contribution in [0.25, 0.3) is 22.0 Å². The number of rotatable bonds is 5. The predicted octanol–water partition coefficient (Wildman–Crippen LogP) is 5.46. The van der Waals surface area contributed by atoms with Crippen molar-refractivity contribution in [3.05, 3.63) is 83.9 Å². The van der Waals surface area contributed by atoms with Crippen LogP contribution >= 0.6 is 22.6 Å². The SMILES string of the molecule is NC(=O)c1ccc(-c2nc(NC(=O)C3(c4ccc5c(c4)OC(F)(I)O5)CC3)cc3ccccc23)cc1. The van der Waals surface area contributed by atoms with Crippen LogP contribution in [0.3, 0.4) is 0 Å². The number of benzene rings is 3. The number of anilines is 1. The summed E-state index contributed by atoms with van der Waals surface area (Å²) < 4.78 is 22.2. The number of amides is 2. The summed E-state index contributed by atoms with van der Waals surface area (Å²) in [6.45, 7) is 0. The molecule has 3 aromatic carbocycles. The van der Waals surface area contributed by atoms with Gasteiger partial charge in [-0.1, -0.05) is 42.5 Å². The Bertz CT molecular complexity index is 1550. The van der Waals surface area contributed by atoms with Gasteiger partial charge in [0.15, 0.2) is 11.5 Å². The summed E-state index contributed by atoms with van der Waals surface area (Å²) in [4.78, 5) is 29.7. The van der Waals surface area contributed by atoms with E-state index in [1.807, 2.05) is 30.3 Å². The van der Waals surface area contributed by atoms with E-state index in [0.29, 0.717) is 35.7 Å².